The van der Waals surface area contributed by atoms with Crippen molar-refractivity contribution in [3.63, 3.8) is 0 Å². The van der Waals surface area contributed by atoms with Crippen LogP contribution in [0.4, 0.5) is 26.3 Å². The van der Waals surface area contributed by atoms with Crippen molar-refractivity contribution >= 4 is 11.6 Å². The summed E-state index contributed by atoms with van der Waals surface area (Å²) in [6.07, 6.45) is -15.1. The molecular formula is C6H4ClF6NO. The summed E-state index contributed by atoms with van der Waals surface area (Å²) < 4.78 is 74.3. The predicted octanol–water partition coefficient (Wildman–Crippen LogP) is 2.63. The third-order valence-electron chi connectivity index (χ3n) is 1.14. The Morgan fingerprint density at radius 3 is 1.80 bits per heavy atom. The zero-order valence-electron chi connectivity index (χ0n) is 6.86. The highest BCUT2D eigenvalue weighted by molar-refractivity contribution is 6.22. The molecule has 0 amide bonds. The van der Waals surface area contributed by atoms with Crippen molar-refractivity contribution in [2.75, 3.05) is 6.61 Å². The number of nitriles is 1. The first kappa shape index (κ1) is 14.3. The zero-order valence-corrected chi connectivity index (χ0v) is 7.62. The Bertz CT molecular complexity index is 229. The molecule has 0 saturated carbocycles. The number of alkyl halides is 7. The van der Waals surface area contributed by atoms with E-state index in [4.69, 9.17) is 16.9 Å². The van der Waals surface area contributed by atoms with E-state index in [-0.39, 0.29) is 0 Å². The number of rotatable bonds is 3. The lowest BCUT2D eigenvalue weighted by Gasteiger charge is -2.23. The number of halogens is 7. The quantitative estimate of drug-likeness (QED) is 0.574. The fourth-order valence-electron chi connectivity index (χ4n) is 0.593. The molecule has 0 aliphatic rings. The normalized spacial score (nSPS) is 15.1. The molecule has 88 valence electrons. The number of hydrogen-bond donors (Lipinski definition) is 0. The Morgan fingerprint density at radius 2 is 1.53 bits per heavy atom. The third kappa shape index (κ3) is 5.09. The molecule has 0 aliphatic carbocycles. The Labute approximate surface area is 85.4 Å². The van der Waals surface area contributed by atoms with Crippen LogP contribution in [0.15, 0.2) is 0 Å². The van der Waals surface area contributed by atoms with Crippen LogP contribution >= 0.6 is 11.6 Å². The van der Waals surface area contributed by atoms with Gasteiger partial charge in [-0.1, -0.05) is 0 Å². The van der Waals surface area contributed by atoms with Gasteiger partial charge < -0.3 is 4.74 Å². The van der Waals surface area contributed by atoms with Crippen LogP contribution in [-0.2, 0) is 4.74 Å². The first-order valence-electron chi connectivity index (χ1n) is 3.37. The third-order valence-corrected chi connectivity index (χ3v) is 1.37. The first-order chi connectivity index (χ1) is 6.59. The van der Waals surface area contributed by atoms with Crippen molar-refractivity contribution < 1.29 is 31.1 Å². The van der Waals surface area contributed by atoms with Crippen LogP contribution in [0.25, 0.3) is 0 Å². The zero-order chi connectivity index (χ0) is 12.3. The number of nitrogens with zero attached hydrogens (tertiary/aromatic N) is 1. The van der Waals surface area contributed by atoms with E-state index in [0.29, 0.717) is 0 Å². The summed E-state index contributed by atoms with van der Waals surface area (Å²) in [7, 11) is 0. The highest BCUT2D eigenvalue weighted by Crippen LogP contribution is 2.35. The van der Waals surface area contributed by atoms with Crippen molar-refractivity contribution in [1.29, 1.82) is 5.26 Å². The minimum absolute atomic E-state index is 1.15. The molecule has 0 rings (SSSR count). The summed E-state index contributed by atoms with van der Waals surface area (Å²) in [5.41, 5.74) is 0. The molecule has 1 unspecified atom stereocenters. The molecule has 15 heavy (non-hydrogen) atoms. The van der Waals surface area contributed by atoms with Gasteiger partial charge >= 0.3 is 12.4 Å². The van der Waals surface area contributed by atoms with Gasteiger partial charge in [0.05, 0.1) is 12.7 Å². The molecule has 2 nitrogen and oxygen atoms in total. The minimum atomic E-state index is -5.58. The molecule has 0 N–H and O–H groups in total. The van der Waals surface area contributed by atoms with Crippen LogP contribution in [0, 0.1) is 11.3 Å². The Balaban J connectivity index is 4.50. The monoisotopic (exact) mass is 255 g/mol. The molecule has 0 fully saturated rings. The second-order valence-electron chi connectivity index (χ2n) is 2.39. The fourth-order valence-corrected chi connectivity index (χ4v) is 0.665. The van der Waals surface area contributed by atoms with Crippen molar-refractivity contribution in [1.82, 2.24) is 0 Å². The van der Waals surface area contributed by atoms with Crippen LogP contribution in [-0.4, -0.2) is 30.4 Å². The molecular weight excluding hydrogens is 252 g/mol. The summed E-state index contributed by atoms with van der Waals surface area (Å²) >= 11 is 4.99. The van der Waals surface area contributed by atoms with Crippen LogP contribution in [0.2, 0.25) is 0 Å². The van der Waals surface area contributed by atoms with Crippen molar-refractivity contribution in [2.24, 2.45) is 0 Å². The van der Waals surface area contributed by atoms with Gasteiger partial charge in [-0.25, -0.2) is 0 Å². The van der Waals surface area contributed by atoms with Crippen molar-refractivity contribution in [3.8, 4) is 6.07 Å². The van der Waals surface area contributed by atoms with E-state index in [0.717, 1.165) is 0 Å². The number of ether oxygens (including phenoxy) is 1. The molecule has 1 atom stereocenters. The molecule has 0 bridgehead atoms. The average Bonchev–Trinajstić information content (AvgIpc) is 1.99. The van der Waals surface area contributed by atoms with Crippen LogP contribution in [0.3, 0.4) is 0 Å². The van der Waals surface area contributed by atoms with Gasteiger partial charge in [0.1, 0.15) is 5.38 Å². The summed E-state index contributed by atoms with van der Waals surface area (Å²) in [6.45, 7) is -1.15. The van der Waals surface area contributed by atoms with Crippen molar-refractivity contribution in [2.45, 2.75) is 23.8 Å². The summed E-state index contributed by atoms with van der Waals surface area (Å²) in [5.74, 6) is 0. The molecule has 0 saturated heterocycles. The van der Waals surface area contributed by atoms with E-state index >= 15 is 0 Å². The predicted molar refractivity (Wildman–Crippen MR) is 37.1 cm³/mol. The Hall–Kier alpha value is -0.680. The Kier molecular flexibility index (Phi) is 4.67. The SMILES string of the molecule is N#CC(Cl)COC(C(F)(F)F)C(F)(F)F. The highest BCUT2D eigenvalue weighted by atomic mass is 35.5. The van der Waals surface area contributed by atoms with E-state index in [1.165, 1.54) is 6.07 Å². The van der Waals surface area contributed by atoms with Gasteiger partial charge in [-0.3, -0.25) is 0 Å². The van der Waals surface area contributed by atoms with E-state index < -0.39 is 30.4 Å². The van der Waals surface area contributed by atoms with Crippen molar-refractivity contribution in [3.05, 3.63) is 0 Å². The lowest BCUT2D eigenvalue weighted by Crippen LogP contribution is -2.45. The molecule has 0 aliphatic heterocycles. The fraction of sp³-hybridized carbons (Fsp3) is 0.833. The molecule has 0 heterocycles. The molecule has 9 heteroatoms. The maximum atomic E-state index is 11.8. The molecule has 0 spiro atoms. The summed E-state index contributed by atoms with van der Waals surface area (Å²) in [5, 5.41) is 6.47. The van der Waals surface area contributed by atoms with E-state index in [2.05, 4.69) is 4.74 Å². The second kappa shape index (κ2) is 4.90. The molecule has 0 aromatic carbocycles. The first-order valence-corrected chi connectivity index (χ1v) is 3.81. The average molecular weight is 256 g/mol. The van der Waals surface area contributed by atoms with Crippen LogP contribution in [0.1, 0.15) is 0 Å². The maximum Gasteiger partial charge on any atom is 0.423 e. The number of hydrogen-bond acceptors (Lipinski definition) is 2. The molecule has 0 radical (unpaired) electrons. The van der Waals surface area contributed by atoms with Gasteiger partial charge in [-0.05, 0) is 0 Å². The van der Waals surface area contributed by atoms with E-state index in [1.807, 2.05) is 0 Å². The maximum absolute atomic E-state index is 11.8. The summed E-state index contributed by atoms with van der Waals surface area (Å²) in [6, 6.07) is 1.23. The summed E-state index contributed by atoms with van der Waals surface area (Å²) in [4.78, 5) is 0. The molecule has 0 aromatic rings. The molecule has 0 aromatic heterocycles. The highest BCUT2D eigenvalue weighted by Gasteiger charge is 2.58. The van der Waals surface area contributed by atoms with Gasteiger partial charge in [0, 0.05) is 0 Å². The van der Waals surface area contributed by atoms with E-state index in [9.17, 15) is 26.3 Å². The van der Waals surface area contributed by atoms with E-state index in [1.54, 1.807) is 0 Å². The largest absolute Gasteiger partial charge is 0.423 e. The topological polar surface area (TPSA) is 33.0 Å². The van der Waals surface area contributed by atoms with Gasteiger partial charge in [0.2, 0.25) is 6.10 Å². The second-order valence-corrected chi connectivity index (χ2v) is 2.92. The smallest absolute Gasteiger partial charge is 0.358 e. The van der Waals surface area contributed by atoms with Gasteiger partial charge in [0.15, 0.2) is 0 Å². The van der Waals surface area contributed by atoms with Crippen LogP contribution < -0.4 is 0 Å². The van der Waals surface area contributed by atoms with Gasteiger partial charge in [-0.2, -0.15) is 31.6 Å². The van der Waals surface area contributed by atoms with Gasteiger partial charge in [-0.15, -0.1) is 11.6 Å². The Morgan fingerprint density at radius 1 is 1.13 bits per heavy atom. The lowest BCUT2D eigenvalue weighted by molar-refractivity contribution is -0.321. The minimum Gasteiger partial charge on any atom is -0.358 e. The lowest BCUT2D eigenvalue weighted by atomic mass is 10.3. The standard InChI is InChI=1S/C6H4ClF6NO/c7-3(1-14)2-15-4(5(8,9)10)6(11,12)13/h3-4H,2H2. The van der Waals surface area contributed by atoms with Crippen LogP contribution in [0.5, 0.6) is 0 Å². The van der Waals surface area contributed by atoms with Gasteiger partial charge in [0.25, 0.3) is 0 Å².